The number of benzene rings is 1. The Bertz CT molecular complexity index is 441. The van der Waals surface area contributed by atoms with E-state index in [1.54, 1.807) is 6.07 Å². The molecule has 0 saturated heterocycles. The van der Waals surface area contributed by atoms with Crippen molar-refractivity contribution >= 4 is 10.1 Å². The van der Waals surface area contributed by atoms with Crippen molar-refractivity contribution in [3.05, 3.63) is 29.6 Å². The minimum absolute atomic E-state index is 0.0598. The molecule has 0 aliphatic carbocycles. The molecule has 0 fully saturated rings. The molecule has 0 spiro atoms. The summed E-state index contributed by atoms with van der Waals surface area (Å²) in [5, 5.41) is 0. The van der Waals surface area contributed by atoms with Gasteiger partial charge in [-0.3, -0.25) is 4.18 Å². The van der Waals surface area contributed by atoms with E-state index in [1.807, 2.05) is 0 Å². The fourth-order valence-electron chi connectivity index (χ4n) is 0.996. The third-order valence-corrected chi connectivity index (χ3v) is 2.24. The first kappa shape index (κ1) is 11.9. The zero-order valence-electron chi connectivity index (χ0n) is 8.36. The van der Waals surface area contributed by atoms with E-state index < -0.39 is 15.9 Å². The van der Waals surface area contributed by atoms with Crippen LogP contribution in [0.15, 0.2) is 18.2 Å². The van der Waals surface area contributed by atoms with Gasteiger partial charge in [-0.1, -0.05) is 12.1 Å². The minimum atomic E-state index is -3.57. The maximum Gasteiger partial charge on any atom is 0.264 e. The van der Waals surface area contributed by atoms with Gasteiger partial charge in [0, 0.05) is 5.56 Å². The number of halogens is 1. The van der Waals surface area contributed by atoms with E-state index in [-0.39, 0.29) is 17.9 Å². The standard InChI is InChI=1S/C9H11FO4S/c1-13-8-5-3-4-7(9(8)10)6-14-15(2,11)12/h3-5H,6H2,1-2H3. The smallest absolute Gasteiger partial charge is 0.264 e. The minimum Gasteiger partial charge on any atom is -0.494 e. The molecule has 0 aliphatic rings. The molecule has 1 rings (SSSR count). The Morgan fingerprint density at radius 2 is 2.07 bits per heavy atom. The van der Waals surface area contributed by atoms with Crippen LogP contribution in [0.1, 0.15) is 5.56 Å². The Hall–Kier alpha value is -1.14. The van der Waals surface area contributed by atoms with Gasteiger partial charge in [-0.15, -0.1) is 0 Å². The van der Waals surface area contributed by atoms with Crippen LogP contribution in [-0.4, -0.2) is 21.8 Å². The number of hydrogen-bond acceptors (Lipinski definition) is 4. The van der Waals surface area contributed by atoms with Crippen LogP contribution in [0.4, 0.5) is 4.39 Å². The van der Waals surface area contributed by atoms with Crippen molar-refractivity contribution in [1.82, 2.24) is 0 Å². The van der Waals surface area contributed by atoms with Crippen molar-refractivity contribution < 1.29 is 21.7 Å². The molecule has 0 aromatic heterocycles. The van der Waals surface area contributed by atoms with Crippen molar-refractivity contribution in [2.75, 3.05) is 13.4 Å². The quantitative estimate of drug-likeness (QED) is 0.737. The largest absolute Gasteiger partial charge is 0.494 e. The first-order valence-electron chi connectivity index (χ1n) is 4.10. The van der Waals surface area contributed by atoms with Crippen molar-refractivity contribution in [3.63, 3.8) is 0 Å². The normalized spacial score (nSPS) is 11.4. The third-order valence-electron chi connectivity index (χ3n) is 1.69. The lowest BCUT2D eigenvalue weighted by Gasteiger charge is -2.06. The molecule has 0 bridgehead atoms. The van der Waals surface area contributed by atoms with Crippen LogP contribution >= 0.6 is 0 Å². The topological polar surface area (TPSA) is 52.6 Å². The molecule has 0 aliphatic heterocycles. The van der Waals surface area contributed by atoms with Crippen LogP contribution in [0.5, 0.6) is 5.75 Å². The maximum absolute atomic E-state index is 13.4. The highest BCUT2D eigenvalue weighted by Gasteiger charge is 2.10. The van der Waals surface area contributed by atoms with Gasteiger partial charge < -0.3 is 4.74 Å². The average molecular weight is 234 g/mol. The van der Waals surface area contributed by atoms with Gasteiger partial charge in [0.25, 0.3) is 10.1 Å². The third kappa shape index (κ3) is 3.49. The summed E-state index contributed by atoms with van der Waals surface area (Å²) in [5.41, 5.74) is 0.139. The SMILES string of the molecule is COc1cccc(COS(C)(=O)=O)c1F. The van der Waals surface area contributed by atoms with Crippen molar-refractivity contribution in [2.45, 2.75) is 6.61 Å². The van der Waals surface area contributed by atoms with Crippen LogP contribution in [0.3, 0.4) is 0 Å². The van der Waals surface area contributed by atoms with Gasteiger partial charge in [-0.25, -0.2) is 4.39 Å². The summed E-state index contributed by atoms with van der Waals surface area (Å²) in [6.07, 6.45) is 0.908. The highest BCUT2D eigenvalue weighted by atomic mass is 32.2. The Balaban J connectivity index is 2.87. The van der Waals surface area contributed by atoms with E-state index in [0.29, 0.717) is 0 Å². The van der Waals surface area contributed by atoms with Gasteiger partial charge in [0.05, 0.1) is 20.0 Å². The summed E-state index contributed by atoms with van der Waals surface area (Å²) in [5.74, 6) is -0.548. The fraction of sp³-hybridized carbons (Fsp3) is 0.333. The second-order valence-electron chi connectivity index (χ2n) is 2.90. The van der Waals surface area contributed by atoms with Crippen LogP contribution in [-0.2, 0) is 20.9 Å². The summed E-state index contributed by atoms with van der Waals surface area (Å²) < 4.78 is 44.0. The highest BCUT2D eigenvalue weighted by Crippen LogP contribution is 2.20. The molecule has 0 saturated carbocycles. The summed E-state index contributed by atoms with van der Waals surface area (Å²) in [4.78, 5) is 0. The predicted octanol–water partition coefficient (Wildman–Crippen LogP) is 1.31. The molecule has 4 nitrogen and oxygen atoms in total. The van der Waals surface area contributed by atoms with Crippen LogP contribution in [0.2, 0.25) is 0 Å². The molecule has 0 amide bonds. The summed E-state index contributed by atoms with van der Waals surface area (Å²) in [7, 11) is -2.23. The summed E-state index contributed by atoms with van der Waals surface area (Å²) in [6, 6.07) is 4.44. The first-order chi connectivity index (χ1) is 6.94. The number of ether oxygens (including phenoxy) is 1. The maximum atomic E-state index is 13.4. The molecular weight excluding hydrogens is 223 g/mol. The van der Waals surface area contributed by atoms with Crippen LogP contribution in [0.25, 0.3) is 0 Å². The average Bonchev–Trinajstić information content (AvgIpc) is 2.15. The van der Waals surface area contributed by atoms with E-state index in [2.05, 4.69) is 4.18 Å². The molecule has 84 valence electrons. The van der Waals surface area contributed by atoms with Crippen LogP contribution in [0, 0.1) is 5.82 Å². The second kappa shape index (κ2) is 4.59. The lowest BCUT2D eigenvalue weighted by atomic mass is 10.2. The van der Waals surface area contributed by atoms with Gasteiger partial charge in [0.15, 0.2) is 11.6 Å². The number of methoxy groups -OCH3 is 1. The summed E-state index contributed by atoms with van der Waals surface area (Å²) in [6.45, 7) is -0.331. The van der Waals surface area contributed by atoms with E-state index in [1.165, 1.54) is 19.2 Å². The molecule has 0 heterocycles. The lowest BCUT2D eigenvalue weighted by molar-refractivity contribution is 0.301. The number of rotatable bonds is 4. The Kier molecular flexibility index (Phi) is 3.65. The summed E-state index contributed by atoms with van der Waals surface area (Å²) >= 11 is 0. The monoisotopic (exact) mass is 234 g/mol. The first-order valence-corrected chi connectivity index (χ1v) is 5.91. The Morgan fingerprint density at radius 1 is 1.40 bits per heavy atom. The van der Waals surface area contributed by atoms with E-state index in [9.17, 15) is 12.8 Å². The van der Waals surface area contributed by atoms with Gasteiger partial charge >= 0.3 is 0 Å². The molecule has 0 unspecified atom stereocenters. The van der Waals surface area contributed by atoms with E-state index in [4.69, 9.17) is 4.74 Å². The Labute approximate surface area is 87.8 Å². The molecule has 0 N–H and O–H groups in total. The van der Waals surface area contributed by atoms with Crippen molar-refractivity contribution in [1.29, 1.82) is 0 Å². The number of hydrogen-bond donors (Lipinski definition) is 0. The van der Waals surface area contributed by atoms with Gasteiger partial charge in [0.2, 0.25) is 0 Å². The lowest BCUT2D eigenvalue weighted by Crippen LogP contribution is -2.04. The van der Waals surface area contributed by atoms with E-state index >= 15 is 0 Å². The fourth-order valence-corrected chi connectivity index (χ4v) is 1.34. The van der Waals surface area contributed by atoms with E-state index in [0.717, 1.165) is 6.26 Å². The predicted molar refractivity (Wildman–Crippen MR) is 52.6 cm³/mol. The molecule has 0 atom stereocenters. The molecule has 0 radical (unpaired) electrons. The molecule has 6 heteroatoms. The Morgan fingerprint density at radius 3 is 2.60 bits per heavy atom. The van der Waals surface area contributed by atoms with Crippen molar-refractivity contribution in [3.8, 4) is 5.75 Å². The zero-order valence-corrected chi connectivity index (χ0v) is 9.17. The van der Waals surface area contributed by atoms with Gasteiger partial charge in [-0.2, -0.15) is 8.42 Å². The molecular formula is C9H11FO4S. The second-order valence-corrected chi connectivity index (χ2v) is 4.54. The molecule has 15 heavy (non-hydrogen) atoms. The zero-order chi connectivity index (χ0) is 11.5. The van der Waals surface area contributed by atoms with Gasteiger partial charge in [-0.05, 0) is 6.07 Å². The van der Waals surface area contributed by atoms with Crippen molar-refractivity contribution in [2.24, 2.45) is 0 Å². The molecule has 1 aromatic rings. The van der Waals surface area contributed by atoms with Gasteiger partial charge in [0.1, 0.15) is 0 Å². The van der Waals surface area contributed by atoms with Crippen LogP contribution < -0.4 is 4.74 Å². The highest BCUT2D eigenvalue weighted by molar-refractivity contribution is 7.85. The molecule has 1 aromatic carbocycles.